The highest BCUT2D eigenvalue weighted by Gasteiger charge is 2.21. The summed E-state index contributed by atoms with van der Waals surface area (Å²) in [5.74, 6) is -1.21. The molecule has 1 aromatic carbocycles. The number of likely N-dealkylation sites (tertiary alicyclic amines) is 1. The largest absolute Gasteiger partial charge is 0.459 e. The van der Waals surface area contributed by atoms with Crippen LogP contribution in [-0.2, 0) is 9.53 Å². The van der Waals surface area contributed by atoms with Crippen molar-refractivity contribution in [3.05, 3.63) is 54.0 Å². The number of hydrogen-bond donors (Lipinski definition) is 1. The first kappa shape index (κ1) is 16.8. The monoisotopic (exact) mass is 342 g/mol. The third-order valence-corrected chi connectivity index (χ3v) is 3.93. The smallest absolute Gasteiger partial charge is 0.340 e. The lowest BCUT2D eigenvalue weighted by Gasteiger charge is -2.15. The zero-order valence-corrected chi connectivity index (χ0v) is 13.6. The van der Waals surface area contributed by atoms with Gasteiger partial charge in [-0.2, -0.15) is 0 Å². The van der Waals surface area contributed by atoms with Gasteiger partial charge in [0.2, 0.25) is 0 Å². The van der Waals surface area contributed by atoms with E-state index in [1.165, 1.54) is 18.4 Å². The van der Waals surface area contributed by atoms with Gasteiger partial charge in [-0.1, -0.05) is 12.1 Å². The van der Waals surface area contributed by atoms with Crippen LogP contribution in [0.5, 0.6) is 0 Å². The summed E-state index contributed by atoms with van der Waals surface area (Å²) in [5.41, 5.74) is 0.471. The second-order valence-corrected chi connectivity index (χ2v) is 5.64. The molecule has 130 valence electrons. The number of rotatable bonds is 5. The lowest BCUT2D eigenvalue weighted by molar-refractivity contribution is -0.133. The van der Waals surface area contributed by atoms with E-state index in [4.69, 9.17) is 9.15 Å². The van der Waals surface area contributed by atoms with E-state index in [2.05, 4.69) is 5.32 Å². The number of nitrogens with one attached hydrogen (secondary N) is 1. The Kier molecular flexibility index (Phi) is 5.13. The summed E-state index contributed by atoms with van der Waals surface area (Å²) in [6.07, 6.45) is 3.34. The van der Waals surface area contributed by atoms with Crippen LogP contribution in [0.1, 0.15) is 33.8 Å². The van der Waals surface area contributed by atoms with Crippen molar-refractivity contribution in [1.29, 1.82) is 0 Å². The number of hydrogen-bond acceptors (Lipinski definition) is 5. The summed E-state index contributed by atoms with van der Waals surface area (Å²) >= 11 is 0. The maximum absolute atomic E-state index is 12.3. The molecule has 0 aliphatic carbocycles. The molecule has 7 heteroatoms. The third-order valence-electron chi connectivity index (χ3n) is 3.93. The first-order chi connectivity index (χ1) is 12.1. The maximum Gasteiger partial charge on any atom is 0.340 e. The van der Waals surface area contributed by atoms with Gasteiger partial charge in [-0.25, -0.2) is 4.79 Å². The molecule has 3 rings (SSSR count). The van der Waals surface area contributed by atoms with E-state index < -0.39 is 11.9 Å². The number of para-hydroxylation sites is 1. The molecule has 1 aromatic heterocycles. The first-order valence-corrected chi connectivity index (χ1v) is 8.04. The SMILES string of the molecule is O=C(Nc1ccccc1C(=O)OCC(=O)N1CCCC1)c1ccco1. The molecule has 2 heterocycles. The van der Waals surface area contributed by atoms with E-state index in [1.54, 1.807) is 29.2 Å². The quantitative estimate of drug-likeness (QED) is 0.842. The van der Waals surface area contributed by atoms with Crippen LogP contribution < -0.4 is 5.32 Å². The highest BCUT2D eigenvalue weighted by molar-refractivity contribution is 6.06. The lowest BCUT2D eigenvalue weighted by Crippen LogP contribution is -2.32. The predicted octanol–water partition coefficient (Wildman–Crippen LogP) is 2.31. The van der Waals surface area contributed by atoms with Gasteiger partial charge in [-0.15, -0.1) is 0 Å². The minimum Gasteiger partial charge on any atom is -0.459 e. The molecular formula is C18H18N2O5. The molecule has 1 saturated heterocycles. The number of ether oxygens (including phenoxy) is 1. The topological polar surface area (TPSA) is 88.8 Å². The van der Waals surface area contributed by atoms with Gasteiger partial charge in [0.15, 0.2) is 12.4 Å². The summed E-state index contributed by atoms with van der Waals surface area (Å²) in [6, 6.07) is 9.56. The van der Waals surface area contributed by atoms with E-state index >= 15 is 0 Å². The van der Waals surface area contributed by atoms with Crippen LogP contribution in [0.3, 0.4) is 0 Å². The molecule has 1 N–H and O–H groups in total. The Morgan fingerprint density at radius 3 is 2.56 bits per heavy atom. The van der Waals surface area contributed by atoms with E-state index in [9.17, 15) is 14.4 Å². The molecule has 2 amide bonds. The van der Waals surface area contributed by atoms with Crippen LogP contribution >= 0.6 is 0 Å². The van der Waals surface area contributed by atoms with E-state index in [1.807, 2.05) is 0 Å². The van der Waals surface area contributed by atoms with Gasteiger partial charge >= 0.3 is 5.97 Å². The highest BCUT2D eigenvalue weighted by Crippen LogP contribution is 2.18. The van der Waals surface area contributed by atoms with Gasteiger partial charge in [0.05, 0.1) is 17.5 Å². The van der Waals surface area contributed by atoms with E-state index in [-0.39, 0.29) is 23.8 Å². The van der Waals surface area contributed by atoms with Crippen molar-refractivity contribution in [1.82, 2.24) is 4.90 Å². The maximum atomic E-state index is 12.3. The molecule has 1 aliphatic heterocycles. The molecule has 0 saturated carbocycles. The zero-order valence-electron chi connectivity index (χ0n) is 13.6. The average molecular weight is 342 g/mol. The standard InChI is InChI=1S/C18H18N2O5/c21-16(20-9-3-4-10-20)12-25-18(23)13-6-1-2-7-14(13)19-17(22)15-8-5-11-24-15/h1-2,5-8,11H,3-4,9-10,12H2,(H,19,22). The van der Waals surface area contributed by atoms with Gasteiger partial charge in [0, 0.05) is 13.1 Å². The van der Waals surface area contributed by atoms with Gasteiger partial charge in [-0.05, 0) is 37.1 Å². The number of furan rings is 1. The van der Waals surface area contributed by atoms with Crippen LogP contribution in [0.2, 0.25) is 0 Å². The Bertz CT molecular complexity index is 764. The fraction of sp³-hybridized carbons (Fsp3) is 0.278. The molecule has 1 aliphatic rings. The predicted molar refractivity (Wildman–Crippen MR) is 89.2 cm³/mol. The first-order valence-electron chi connectivity index (χ1n) is 8.04. The lowest BCUT2D eigenvalue weighted by atomic mass is 10.1. The van der Waals surface area contributed by atoms with Crippen LogP contribution in [-0.4, -0.2) is 42.4 Å². The molecule has 0 bridgehead atoms. The Balaban J connectivity index is 1.64. The van der Waals surface area contributed by atoms with Crippen LogP contribution in [0.25, 0.3) is 0 Å². The van der Waals surface area contributed by atoms with Crippen LogP contribution in [0.15, 0.2) is 47.1 Å². The fourth-order valence-corrected chi connectivity index (χ4v) is 2.62. The van der Waals surface area contributed by atoms with Crippen molar-refractivity contribution in [2.45, 2.75) is 12.8 Å². The molecular weight excluding hydrogens is 324 g/mol. The third kappa shape index (κ3) is 4.06. The molecule has 2 aromatic rings. The number of esters is 1. The minimum absolute atomic E-state index is 0.132. The number of nitrogens with zero attached hydrogens (tertiary/aromatic N) is 1. The minimum atomic E-state index is -0.664. The number of anilines is 1. The van der Waals surface area contributed by atoms with Crippen molar-refractivity contribution in [3.63, 3.8) is 0 Å². The van der Waals surface area contributed by atoms with Gasteiger partial charge in [0.1, 0.15) is 0 Å². The summed E-state index contributed by atoms with van der Waals surface area (Å²) < 4.78 is 10.1. The Hall–Kier alpha value is -3.09. The van der Waals surface area contributed by atoms with Crippen molar-refractivity contribution < 1.29 is 23.5 Å². The number of carbonyl (C=O) groups is 3. The second kappa shape index (κ2) is 7.65. The van der Waals surface area contributed by atoms with Crippen molar-refractivity contribution in [3.8, 4) is 0 Å². The molecule has 1 fully saturated rings. The van der Waals surface area contributed by atoms with Gasteiger partial charge in [-0.3, -0.25) is 9.59 Å². The van der Waals surface area contributed by atoms with Gasteiger partial charge < -0.3 is 19.4 Å². The Morgan fingerprint density at radius 2 is 1.84 bits per heavy atom. The van der Waals surface area contributed by atoms with E-state index in [0.717, 1.165) is 12.8 Å². The van der Waals surface area contributed by atoms with Crippen molar-refractivity contribution in [2.75, 3.05) is 25.0 Å². The zero-order chi connectivity index (χ0) is 17.6. The molecule has 25 heavy (non-hydrogen) atoms. The summed E-state index contributed by atoms with van der Waals surface area (Å²) in [5, 5.41) is 2.61. The highest BCUT2D eigenvalue weighted by atomic mass is 16.5. The van der Waals surface area contributed by atoms with Crippen LogP contribution in [0.4, 0.5) is 5.69 Å². The number of carbonyl (C=O) groups excluding carboxylic acids is 3. The summed E-state index contributed by atoms with van der Waals surface area (Å²) in [7, 11) is 0. The van der Waals surface area contributed by atoms with Crippen LogP contribution in [0, 0.1) is 0 Å². The second-order valence-electron chi connectivity index (χ2n) is 5.64. The van der Waals surface area contributed by atoms with Crippen molar-refractivity contribution >= 4 is 23.5 Å². The Labute approximate surface area is 144 Å². The normalized spacial score (nSPS) is 13.5. The molecule has 0 spiro atoms. The fourth-order valence-electron chi connectivity index (χ4n) is 2.62. The summed E-state index contributed by atoms with van der Waals surface area (Å²) in [4.78, 5) is 38.0. The summed E-state index contributed by atoms with van der Waals surface area (Å²) in [6.45, 7) is 1.09. The average Bonchev–Trinajstić information content (AvgIpc) is 3.33. The van der Waals surface area contributed by atoms with Crippen molar-refractivity contribution in [2.24, 2.45) is 0 Å². The molecule has 0 atom stereocenters. The molecule has 0 unspecified atom stereocenters. The van der Waals surface area contributed by atoms with Gasteiger partial charge in [0.25, 0.3) is 11.8 Å². The number of amides is 2. The molecule has 7 nitrogen and oxygen atoms in total. The Morgan fingerprint density at radius 1 is 1.08 bits per heavy atom. The van der Waals surface area contributed by atoms with E-state index in [0.29, 0.717) is 18.8 Å². The number of benzene rings is 1. The molecule has 0 radical (unpaired) electrons.